The molecule has 0 saturated heterocycles. The summed E-state index contributed by atoms with van der Waals surface area (Å²) in [6, 6.07) is 2.80. The molecule has 5 heteroatoms. The van der Waals surface area contributed by atoms with E-state index in [1.54, 1.807) is 11.1 Å². The first kappa shape index (κ1) is 13.2. The van der Waals surface area contributed by atoms with E-state index in [1.807, 2.05) is 23.0 Å². The van der Waals surface area contributed by atoms with Crippen LogP contribution in [0.25, 0.3) is 0 Å². The van der Waals surface area contributed by atoms with Crippen LogP contribution in [0.5, 0.6) is 0 Å². The van der Waals surface area contributed by atoms with E-state index in [-0.39, 0.29) is 0 Å². The molecule has 0 spiro atoms. The predicted octanol–water partition coefficient (Wildman–Crippen LogP) is 3.64. The van der Waals surface area contributed by atoms with Gasteiger partial charge in [-0.25, -0.2) is 4.98 Å². The first-order chi connectivity index (χ1) is 9.20. The van der Waals surface area contributed by atoms with E-state index in [0.717, 1.165) is 31.8 Å². The number of nitrogens with zero attached hydrogens (tertiary/aromatic N) is 3. The van der Waals surface area contributed by atoms with Gasteiger partial charge in [0.05, 0.1) is 12.7 Å². The maximum atomic E-state index is 6.06. The zero-order chi connectivity index (χ0) is 13.4. The Morgan fingerprint density at radius 1 is 1.53 bits per heavy atom. The van der Waals surface area contributed by atoms with Crippen molar-refractivity contribution in [2.75, 3.05) is 6.54 Å². The molecule has 0 radical (unpaired) electrons. The Bertz CT molecular complexity index is 575. The third-order valence-electron chi connectivity index (χ3n) is 3.96. The van der Waals surface area contributed by atoms with Crippen LogP contribution in [0.4, 0.5) is 0 Å². The summed E-state index contributed by atoms with van der Waals surface area (Å²) in [6.07, 6.45) is 4.03. The van der Waals surface area contributed by atoms with E-state index in [4.69, 9.17) is 11.6 Å². The molecule has 0 bridgehead atoms. The van der Waals surface area contributed by atoms with Crippen LogP contribution in [0.2, 0.25) is 5.15 Å². The molecule has 19 heavy (non-hydrogen) atoms. The summed E-state index contributed by atoms with van der Waals surface area (Å²) in [7, 11) is 1.98. The van der Waals surface area contributed by atoms with Crippen LogP contribution < -0.4 is 0 Å². The third kappa shape index (κ3) is 2.33. The lowest BCUT2D eigenvalue weighted by Crippen LogP contribution is -2.34. The predicted molar refractivity (Wildman–Crippen MR) is 79.7 cm³/mol. The average Bonchev–Trinajstić information content (AvgIpc) is 3.00. The Morgan fingerprint density at radius 3 is 3.05 bits per heavy atom. The summed E-state index contributed by atoms with van der Waals surface area (Å²) in [6.45, 7) is 4.24. The summed E-state index contributed by atoms with van der Waals surface area (Å²) in [4.78, 5) is 8.49. The van der Waals surface area contributed by atoms with Gasteiger partial charge >= 0.3 is 0 Å². The molecule has 0 saturated carbocycles. The van der Waals surface area contributed by atoms with Gasteiger partial charge in [-0.3, -0.25) is 4.90 Å². The van der Waals surface area contributed by atoms with Gasteiger partial charge in [0, 0.05) is 24.5 Å². The van der Waals surface area contributed by atoms with Crippen molar-refractivity contribution in [1.82, 2.24) is 14.5 Å². The number of fused-ring (bicyclic) bond motifs is 1. The Kier molecular flexibility index (Phi) is 3.65. The molecule has 3 rings (SSSR count). The number of imidazole rings is 1. The number of thiophene rings is 1. The molecule has 3 heterocycles. The quantitative estimate of drug-likeness (QED) is 0.862. The SMILES string of the molecule is CC[C@H]1c2ccsc2CCN1Cc1ncc(Cl)n1C. The zero-order valence-corrected chi connectivity index (χ0v) is 12.8. The van der Waals surface area contributed by atoms with Crippen LogP contribution in [-0.4, -0.2) is 21.0 Å². The second-order valence-corrected chi connectivity index (χ2v) is 6.39. The minimum atomic E-state index is 0.519. The Labute approximate surface area is 122 Å². The van der Waals surface area contributed by atoms with Crippen LogP contribution in [-0.2, 0) is 20.0 Å². The van der Waals surface area contributed by atoms with Crippen molar-refractivity contribution < 1.29 is 0 Å². The Hall–Kier alpha value is -0.840. The average molecular weight is 296 g/mol. The second kappa shape index (κ2) is 5.27. The van der Waals surface area contributed by atoms with E-state index in [0.29, 0.717) is 11.2 Å². The summed E-state index contributed by atoms with van der Waals surface area (Å²) < 4.78 is 1.97. The van der Waals surface area contributed by atoms with Crippen LogP contribution in [0.1, 0.15) is 35.7 Å². The molecule has 0 aliphatic carbocycles. The lowest BCUT2D eigenvalue weighted by atomic mass is 9.98. The Morgan fingerprint density at radius 2 is 2.37 bits per heavy atom. The molecule has 0 N–H and O–H groups in total. The number of halogens is 1. The standard InChI is InChI=1S/C14H18ClN3S/c1-3-11-10-5-7-19-12(10)4-6-18(11)9-14-16-8-13(15)17(14)2/h5,7-8,11H,3-4,6,9H2,1-2H3/t11-/m0/s1. The fraction of sp³-hybridized carbons (Fsp3) is 0.500. The highest BCUT2D eigenvalue weighted by molar-refractivity contribution is 7.10. The van der Waals surface area contributed by atoms with E-state index in [9.17, 15) is 0 Å². The lowest BCUT2D eigenvalue weighted by molar-refractivity contribution is 0.167. The number of aromatic nitrogens is 2. The topological polar surface area (TPSA) is 21.1 Å². The first-order valence-electron chi connectivity index (χ1n) is 6.67. The highest BCUT2D eigenvalue weighted by Gasteiger charge is 2.27. The molecular weight excluding hydrogens is 278 g/mol. The lowest BCUT2D eigenvalue weighted by Gasteiger charge is -2.35. The highest BCUT2D eigenvalue weighted by atomic mass is 35.5. The molecule has 3 nitrogen and oxygen atoms in total. The maximum Gasteiger partial charge on any atom is 0.128 e. The van der Waals surface area contributed by atoms with Gasteiger partial charge < -0.3 is 4.57 Å². The van der Waals surface area contributed by atoms with Crippen molar-refractivity contribution in [3.63, 3.8) is 0 Å². The fourth-order valence-corrected chi connectivity index (χ4v) is 3.94. The van der Waals surface area contributed by atoms with E-state index in [2.05, 4.69) is 28.3 Å². The maximum absolute atomic E-state index is 6.06. The summed E-state index contributed by atoms with van der Waals surface area (Å²) in [5.41, 5.74) is 1.51. The summed E-state index contributed by atoms with van der Waals surface area (Å²) >= 11 is 7.96. The molecule has 0 aromatic carbocycles. The van der Waals surface area contributed by atoms with Gasteiger partial charge in [0.2, 0.25) is 0 Å². The van der Waals surface area contributed by atoms with Crippen LogP contribution in [0.15, 0.2) is 17.6 Å². The number of hydrogen-bond donors (Lipinski definition) is 0. The molecule has 0 fully saturated rings. The normalized spacial score (nSPS) is 19.6. The fourth-order valence-electron chi connectivity index (χ4n) is 2.87. The van der Waals surface area contributed by atoms with E-state index in [1.165, 1.54) is 5.56 Å². The summed E-state index contributed by atoms with van der Waals surface area (Å²) in [5.74, 6) is 1.04. The van der Waals surface area contributed by atoms with Crippen molar-refractivity contribution in [1.29, 1.82) is 0 Å². The first-order valence-corrected chi connectivity index (χ1v) is 7.93. The highest BCUT2D eigenvalue weighted by Crippen LogP contribution is 2.35. The molecular formula is C14H18ClN3S. The minimum Gasteiger partial charge on any atom is -0.321 e. The van der Waals surface area contributed by atoms with Crippen molar-refractivity contribution >= 4 is 22.9 Å². The van der Waals surface area contributed by atoms with Crippen molar-refractivity contribution in [3.05, 3.63) is 39.1 Å². The molecule has 1 aliphatic rings. The summed E-state index contributed by atoms with van der Waals surface area (Å²) in [5, 5.41) is 2.92. The van der Waals surface area contributed by atoms with E-state index >= 15 is 0 Å². The zero-order valence-electron chi connectivity index (χ0n) is 11.3. The molecule has 2 aromatic rings. The van der Waals surface area contributed by atoms with Crippen molar-refractivity contribution in [2.24, 2.45) is 7.05 Å². The number of rotatable bonds is 3. The minimum absolute atomic E-state index is 0.519. The van der Waals surface area contributed by atoms with Gasteiger partial charge in [0.25, 0.3) is 0 Å². The van der Waals surface area contributed by atoms with Crippen molar-refractivity contribution in [2.45, 2.75) is 32.4 Å². The van der Waals surface area contributed by atoms with Crippen LogP contribution in [0, 0.1) is 0 Å². The van der Waals surface area contributed by atoms with Crippen molar-refractivity contribution in [3.8, 4) is 0 Å². The van der Waals surface area contributed by atoms with Crippen LogP contribution in [0.3, 0.4) is 0 Å². The molecule has 1 aliphatic heterocycles. The van der Waals surface area contributed by atoms with Gasteiger partial charge in [-0.2, -0.15) is 0 Å². The van der Waals surface area contributed by atoms with Gasteiger partial charge in [0.15, 0.2) is 0 Å². The van der Waals surface area contributed by atoms with Gasteiger partial charge in [-0.05, 0) is 29.9 Å². The third-order valence-corrected chi connectivity index (χ3v) is 5.31. The largest absolute Gasteiger partial charge is 0.321 e. The molecule has 2 aromatic heterocycles. The molecule has 102 valence electrons. The molecule has 0 amide bonds. The number of hydrogen-bond acceptors (Lipinski definition) is 3. The van der Waals surface area contributed by atoms with Crippen LogP contribution >= 0.6 is 22.9 Å². The molecule has 0 unspecified atom stereocenters. The monoisotopic (exact) mass is 295 g/mol. The second-order valence-electron chi connectivity index (χ2n) is 5.00. The van der Waals surface area contributed by atoms with Gasteiger partial charge in [0.1, 0.15) is 11.0 Å². The van der Waals surface area contributed by atoms with Gasteiger partial charge in [-0.15, -0.1) is 11.3 Å². The smallest absolute Gasteiger partial charge is 0.128 e. The molecule has 1 atom stereocenters. The Balaban J connectivity index is 1.84. The van der Waals surface area contributed by atoms with E-state index < -0.39 is 0 Å². The van der Waals surface area contributed by atoms with Gasteiger partial charge in [-0.1, -0.05) is 18.5 Å².